The molecule has 0 bridgehead atoms. The molecule has 1 aliphatic rings. The first-order valence-electron chi connectivity index (χ1n) is 12.7. The van der Waals surface area contributed by atoms with Crippen LogP contribution in [0.2, 0.25) is 0 Å². The summed E-state index contributed by atoms with van der Waals surface area (Å²) in [6, 6.07) is 4.72. The van der Waals surface area contributed by atoms with Crippen molar-refractivity contribution in [3.05, 3.63) is 52.7 Å². The van der Waals surface area contributed by atoms with Crippen molar-refractivity contribution in [2.75, 3.05) is 13.2 Å². The molecule has 2 aromatic heterocycles. The Morgan fingerprint density at radius 2 is 2.00 bits per heavy atom. The van der Waals surface area contributed by atoms with Crippen LogP contribution in [0.1, 0.15) is 63.9 Å². The zero-order chi connectivity index (χ0) is 25.9. The van der Waals surface area contributed by atoms with Gasteiger partial charge < -0.3 is 9.72 Å². The number of benzene rings is 1. The number of sulfonamides is 1. The summed E-state index contributed by atoms with van der Waals surface area (Å²) >= 11 is 0. The van der Waals surface area contributed by atoms with E-state index in [1.165, 1.54) is 4.31 Å². The molecular weight excluding hydrogens is 478 g/mol. The predicted molar refractivity (Wildman–Crippen MR) is 140 cm³/mol. The molecule has 0 atom stereocenters. The number of hydrogen-bond acceptors (Lipinski definition) is 6. The summed E-state index contributed by atoms with van der Waals surface area (Å²) in [7, 11) is -3.81. The number of ether oxygens (including phenoxy) is 1. The second-order valence-corrected chi connectivity index (χ2v) is 11.1. The standard InChI is InChI=1S/C26H35N5O4S/c1-5-10-23-27-18(4)24-26(32)28-25(29-31(23)24)21-17-20(13-14-22(21)35-16-7-3)36(33,34)30(15-6-2)19-11-8-9-12-19/h6,13-14,17,19H,2,5,7-12,15-16H2,1,3-4H3,(H,28,29,32). The van der Waals surface area contributed by atoms with E-state index in [0.29, 0.717) is 41.4 Å². The average molecular weight is 514 g/mol. The van der Waals surface area contributed by atoms with Crippen LogP contribution >= 0.6 is 0 Å². The molecule has 194 valence electrons. The molecule has 0 unspecified atom stereocenters. The van der Waals surface area contributed by atoms with E-state index in [1.54, 1.807) is 35.7 Å². The molecule has 0 aliphatic heterocycles. The van der Waals surface area contributed by atoms with Gasteiger partial charge in [-0.1, -0.05) is 32.8 Å². The molecule has 10 heteroatoms. The third kappa shape index (κ3) is 4.97. The van der Waals surface area contributed by atoms with Crippen molar-refractivity contribution >= 4 is 15.5 Å². The Bertz CT molecular complexity index is 1400. The van der Waals surface area contributed by atoms with Gasteiger partial charge in [-0.15, -0.1) is 11.7 Å². The predicted octanol–water partition coefficient (Wildman–Crippen LogP) is 4.25. The number of fused-ring (bicyclic) bond motifs is 1. The van der Waals surface area contributed by atoms with Crippen LogP contribution in [0.4, 0.5) is 0 Å². The molecule has 1 saturated carbocycles. The molecule has 36 heavy (non-hydrogen) atoms. The fourth-order valence-corrected chi connectivity index (χ4v) is 6.52. The lowest BCUT2D eigenvalue weighted by Crippen LogP contribution is -2.38. The summed E-state index contributed by atoms with van der Waals surface area (Å²) in [4.78, 5) is 20.5. The van der Waals surface area contributed by atoms with Crippen LogP contribution in [0.15, 0.2) is 40.5 Å². The lowest BCUT2D eigenvalue weighted by atomic mass is 10.2. The fraction of sp³-hybridized carbons (Fsp3) is 0.500. The van der Waals surface area contributed by atoms with Crippen molar-refractivity contribution in [2.24, 2.45) is 0 Å². The average Bonchev–Trinajstić information content (AvgIpc) is 3.49. The Labute approximate surface area is 212 Å². The number of imidazole rings is 1. The number of nitrogens with zero attached hydrogens (tertiary/aromatic N) is 4. The molecule has 0 saturated heterocycles. The monoisotopic (exact) mass is 513 g/mol. The van der Waals surface area contributed by atoms with Gasteiger partial charge in [-0.05, 0) is 50.8 Å². The van der Waals surface area contributed by atoms with Crippen LogP contribution in [0.25, 0.3) is 16.9 Å². The molecule has 3 aromatic rings. The quantitative estimate of drug-likeness (QED) is 0.384. The van der Waals surface area contributed by atoms with Crippen molar-refractivity contribution in [3.63, 3.8) is 0 Å². The maximum absolute atomic E-state index is 13.8. The van der Waals surface area contributed by atoms with Crippen LogP contribution in [-0.4, -0.2) is 51.5 Å². The van der Waals surface area contributed by atoms with E-state index < -0.39 is 10.0 Å². The summed E-state index contributed by atoms with van der Waals surface area (Å²) < 4.78 is 36.6. The zero-order valence-electron chi connectivity index (χ0n) is 21.3. The molecule has 4 rings (SSSR count). The minimum Gasteiger partial charge on any atom is -0.493 e. The molecule has 0 spiro atoms. The van der Waals surface area contributed by atoms with Gasteiger partial charge in [-0.3, -0.25) is 4.79 Å². The number of aromatic nitrogens is 4. The Morgan fingerprint density at radius 3 is 2.67 bits per heavy atom. The summed E-state index contributed by atoms with van der Waals surface area (Å²) in [5.74, 6) is 1.39. The lowest BCUT2D eigenvalue weighted by molar-refractivity contribution is 0.318. The molecule has 1 fully saturated rings. The number of aryl methyl sites for hydroxylation is 2. The first kappa shape index (κ1) is 26.1. The minimum absolute atomic E-state index is 0.0488. The van der Waals surface area contributed by atoms with E-state index in [0.717, 1.165) is 38.5 Å². The van der Waals surface area contributed by atoms with Crippen molar-refractivity contribution in [2.45, 2.75) is 76.7 Å². The van der Waals surface area contributed by atoms with Crippen molar-refractivity contribution in [1.29, 1.82) is 0 Å². The Balaban J connectivity index is 1.88. The van der Waals surface area contributed by atoms with Crippen LogP contribution in [0.5, 0.6) is 5.75 Å². The van der Waals surface area contributed by atoms with E-state index in [4.69, 9.17) is 9.84 Å². The third-order valence-electron chi connectivity index (χ3n) is 6.53. The van der Waals surface area contributed by atoms with E-state index in [2.05, 4.69) is 16.5 Å². The largest absolute Gasteiger partial charge is 0.493 e. The Morgan fingerprint density at radius 1 is 1.25 bits per heavy atom. The number of rotatable bonds is 11. The van der Waals surface area contributed by atoms with Crippen molar-refractivity contribution in [1.82, 2.24) is 23.9 Å². The van der Waals surface area contributed by atoms with Gasteiger partial charge in [0, 0.05) is 19.0 Å². The van der Waals surface area contributed by atoms with Crippen molar-refractivity contribution < 1.29 is 13.2 Å². The highest BCUT2D eigenvalue weighted by Crippen LogP contribution is 2.34. The summed E-state index contributed by atoms with van der Waals surface area (Å²) in [6.07, 6.45) is 7.61. The smallest absolute Gasteiger partial charge is 0.277 e. The van der Waals surface area contributed by atoms with Gasteiger partial charge in [-0.2, -0.15) is 4.31 Å². The third-order valence-corrected chi connectivity index (χ3v) is 8.45. The second-order valence-electron chi connectivity index (χ2n) is 9.23. The summed E-state index contributed by atoms with van der Waals surface area (Å²) in [6.45, 7) is 10.3. The zero-order valence-corrected chi connectivity index (χ0v) is 22.1. The fourth-order valence-electron chi connectivity index (χ4n) is 4.83. The molecule has 1 aromatic carbocycles. The van der Waals surface area contributed by atoms with E-state index in [1.807, 2.05) is 13.8 Å². The van der Waals surface area contributed by atoms with Gasteiger partial charge in [0.15, 0.2) is 11.3 Å². The van der Waals surface area contributed by atoms with Gasteiger partial charge in [0.2, 0.25) is 10.0 Å². The molecule has 0 radical (unpaired) electrons. The van der Waals surface area contributed by atoms with Gasteiger partial charge in [0.05, 0.1) is 22.8 Å². The molecule has 1 N–H and O–H groups in total. The highest BCUT2D eigenvalue weighted by Gasteiger charge is 2.33. The summed E-state index contributed by atoms with van der Waals surface area (Å²) in [5, 5.41) is 4.69. The maximum Gasteiger partial charge on any atom is 0.277 e. The first-order valence-corrected chi connectivity index (χ1v) is 14.1. The summed E-state index contributed by atoms with van der Waals surface area (Å²) in [5.41, 5.74) is 1.08. The van der Waals surface area contributed by atoms with E-state index in [-0.39, 0.29) is 28.9 Å². The molecule has 2 heterocycles. The molecule has 0 amide bonds. The SMILES string of the molecule is C=CCN(C1CCCC1)S(=O)(=O)c1ccc(OCCC)c(-c2nn3c(CCC)nc(C)c3c(=O)[nH]2)c1. The van der Waals surface area contributed by atoms with Gasteiger partial charge in [0.1, 0.15) is 11.6 Å². The molecule has 1 aliphatic carbocycles. The highest BCUT2D eigenvalue weighted by atomic mass is 32.2. The number of nitrogens with one attached hydrogen (secondary N) is 1. The second kappa shape index (κ2) is 11.0. The van der Waals surface area contributed by atoms with E-state index >= 15 is 0 Å². The van der Waals surface area contributed by atoms with Crippen LogP contribution in [-0.2, 0) is 16.4 Å². The molecule has 9 nitrogen and oxygen atoms in total. The number of H-pyrrole nitrogens is 1. The first-order chi connectivity index (χ1) is 17.3. The van der Waals surface area contributed by atoms with Gasteiger partial charge in [0.25, 0.3) is 5.56 Å². The Hall–Kier alpha value is -2.98. The number of hydrogen-bond donors (Lipinski definition) is 1. The maximum atomic E-state index is 13.8. The number of aromatic amines is 1. The van der Waals surface area contributed by atoms with Crippen LogP contribution in [0.3, 0.4) is 0 Å². The normalized spacial score (nSPS) is 14.7. The highest BCUT2D eigenvalue weighted by molar-refractivity contribution is 7.89. The van der Waals surface area contributed by atoms with E-state index in [9.17, 15) is 13.2 Å². The Kier molecular flexibility index (Phi) is 7.94. The van der Waals surface area contributed by atoms with Crippen molar-refractivity contribution in [3.8, 4) is 17.1 Å². The van der Waals surface area contributed by atoms with Crippen LogP contribution in [0, 0.1) is 6.92 Å². The van der Waals surface area contributed by atoms with Crippen LogP contribution < -0.4 is 10.3 Å². The minimum atomic E-state index is -3.81. The topological polar surface area (TPSA) is 110 Å². The lowest BCUT2D eigenvalue weighted by Gasteiger charge is -2.27. The molecular formula is C26H35N5O4S. The van der Waals surface area contributed by atoms with Gasteiger partial charge in [-0.25, -0.2) is 17.9 Å². The van der Waals surface area contributed by atoms with Gasteiger partial charge >= 0.3 is 0 Å².